The van der Waals surface area contributed by atoms with Gasteiger partial charge in [0.1, 0.15) is 0 Å². The molecule has 0 fully saturated rings. The fraction of sp³-hybridized carbons (Fsp3) is 0.120. The molecule has 4 rings (SSSR count). The van der Waals surface area contributed by atoms with Crippen molar-refractivity contribution in [3.05, 3.63) is 115 Å². The van der Waals surface area contributed by atoms with Crippen molar-refractivity contribution < 1.29 is 0 Å². The van der Waals surface area contributed by atoms with Crippen LogP contribution < -0.4 is 15.9 Å². The molecule has 0 N–H and O–H groups in total. The van der Waals surface area contributed by atoms with E-state index in [0.29, 0.717) is 0 Å². The maximum Gasteiger partial charge on any atom is 0.00404 e. The molecule has 0 radical (unpaired) electrons. The number of hydrogen-bond acceptors (Lipinski definition) is 0. The molecular formula is C25H24P2. The summed E-state index contributed by atoms with van der Waals surface area (Å²) in [6.45, 7) is 0. The molecule has 0 aromatic heterocycles. The molecule has 0 nitrogen and oxygen atoms in total. The minimum atomic E-state index is -0.385. The molecule has 134 valence electrons. The number of allylic oxidation sites excluding steroid dienone is 4. The average molecular weight is 386 g/mol. The van der Waals surface area contributed by atoms with Crippen LogP contribution >= 0.6 is 15.8 Å². The molecule has 1 aliphatic rings. The molecule has 0 saturated carbocycles. The molecule has 0 bridgehead atoms. The third kappa shape index (κ3) is 4.65. The topological polar surface area (TPSA) is 0 Å². The molecule has 1 unspecified atom stereocenters. The predicted octanol–water partition coefficient (Wildman–Crippen LogP) is 6.12. The number of benzene rings is 3. The minimum Gasteiger partial charge on any atom is -0.0836 e. The second-order valence-electron chi connectivity index (χ2n) is 6.61. The molecule has 0 spiro atoms. The molecule has 0 amide bonds. The van der Waals surface area contributed by atoms with Crippen LogP contribution in [0.25, 0.3) is 0 Å². The van der Waals surface area contributed by atoms with E-state index in [1.807, 2.05) is 0 Å². The smallest absolute Gasteiger partial charge is 0.00404 e. The molecule has 0 saturated heterocycles. The van der Waals surface area contributed by atoms with Crippen molar-refractivity contribution in [3.8, 4) is 0 Å². The molecule has 27 heavy (non-hydrogen) atoms. The Bertz CT molecular complexity index is 859. The summed E-state index contributed by atoms with van der Waals surface area (Å²) >= 11 is 0. The van der Waals surface area contributed by atoms with Gasteiger partial charge in [-0.15, -0.1) is 0 Å². The molecule has 0 heterocycles. The lowest BCUT2D eigenvalue weighted by atomic mass is 10.2. The normalized spacial score (nSPS) is 14.8. The van der Waals surface area contributed by atoms with Gasteiger partial charge in [-0.05, 0) is 49.9 Å². The molecular weight excluding hydrogens is 362 g/mol. The van der Waals surface area contributed by atoms with E-state index in [2.05, 4.69) is 109 Å². The van der Waals surface area contributed by atoms with Crippen LogP contribution in [0.1, 0.15) is 12.8 Å². The Balaban J connectivity index is 1.74. The first-order valence-electron chi connectivity index (χ1n) is 9.49. The van der Waals surface area contributed by atoms with Gasteiger partial charge in [0, 0.05) is 5.90 Å². The molecule has 1 atom stereocenters. The van der Waals surface area contributed by atoms with Crippen LogP contribution in [0, 0.1) is 0 Å². The van der Waals surface area contributed by atoms with Gasteiger partial charge in [0.25, 0.3) is 0 Å². The van der Waals surface area contributed by atoms with Gasteiger partial charge in [0.2, 0.25) is 0 Å². The van der Waals surface area contributed by atoms with Crippen molar-refractivity contribution in [3.63, 3.8) is 0 Å². The SMILES string of the molecule is C1=CC(P(CP(c2ccccc2)c2ccccc2)c2ccccc2)=CCC1. The monoisotopic (exact) mass is 386 g/mol. The Morgan fingerprint density at radius 1 is 0.556 bits per heavy atom. The Kier molecular flexibility index (Phi) is 6.31. The quantitative estimate of drug-likeness (QED) is 0.448. The summed E-state index contributed by atoms with van der Waals surface area (Å²) in [6.07, 6.45) is 9.55. The largest absolute Gasteiger partial charge is 0.0836 e. The predicted molar refractivity (Wildman–Crippen MR) is 123 cm³/mol. The highest BCUT2D eigenvalue weighted by molar-refractivity contribution is 7.87. The summed E-state index contributed by atoms with van der Waals surface area (Å²) in [4.78, 5) is 0. The highest BCUT2D eigenvalue weighted by Gasteiger charge is 2.23. The van der Waals surface area contributed by atoms with E-state index in [9.17, 15) is 0 Å². The fourth-order valence-electron chi connectivity index (χ4n) is 3.39. The molecule has 2 heteroatoms. The van der Waals surface area contributed by atoms with Crippen molar-refractivity contribution in [1.82, 2.24) is 0 Å². The zero-order valence-electron chi connectivity index (χ0n) is 15.4. The van der Waals surface area contributed by atoms with Gasteiger partial charge in [0.05, 0.1) is 0 Å². The van der Waals surface area contributed by atoms with Gasteiger partial charge < -0.3 is 0 Å². The summed E-state index contributed by atoms with van der Waals surface area (Å²) in [6, 6.07) is 33.3. The van der Waals surface area contributed by atoms with E-state index in [-0.39, 0.29) is 15.8 Å². The van der Waals surface area contributed by atoms with E-state index in [1.165, 1.54) is 34.7 Å². The second kappa shape index (κ2) is 9.27. The van der Waals surface area contributed by atoms with Crippen LogP contribution in [0.3, 0.4) is 0 Å². The molecule has 3 aromatic rings. The Morgan fingerprint density at radius 2 is 1.04 bits per heavy atom. The van der Waals surface area contributed by atoms with E-state index >= 15 is 0 Å². The van der Waals surface area contributed by atoms with Crippen LogP contribution in [0.2, 0.25) is 0 Å². The molecule has 0 aliphatic heterocycles. The zero-order chi connectivity index (χ0) is 18.3. The van der Waals surface area contributed by atoms with Crippen LogP contribution in [0.4, 0.5) is 0 Å². The first kappa shape index (κ1) is 18.4. The van der Waals surface area contributed by atoms with Crippen LogP contribution in [0.5, 0.6) is 0 Å². The Morgan fingerprint density at radius 3 is 1.48 bits per heavy atom. The average Bonchev–Trinajstić information content (AvgIpc) is 2.77. The maximum atomic E-state index is 2.47. The zero-order valence-corrected chi connectivity index (χ0v) is 17.2. The van der Waals surface area contributed by atoms with Gasteiger partial charge in [-0.3, -0.25) is 0 Å². The van der Waals surface area contributed by atoms with E-state index in [0.717, 1.165) is 0 Å². The second-order valence-corrected chi connectivity index (χ2v) is 11.5. The van der Waals surface area contributed by atoms with Crippen molar-refractivity contribution >= 4 is 31.8 Å². The Labute approximate surface area is 165 Å². The molecule has 3 aromatic carbocycles. The summed E-state index contributed by atoms with van der Waals surface area (Å²) in [5.41, 5.74) is 0. The van der Waals surface area contributed by atoms with Crippen LogP contribution in [-0.4, -0.2) is 5.90 Å². The van der Waals surface area contributed by atoms with E-state index in [4.69, 9.17) is 0 Å². The van der Waals surface area contributed by atoms with Gasteiger partial charge in [0.15, 0.2) is 0 Å². The van der Waals surface area contributed by atoms with Crippen LogP contribution in [0.15, 0.2) is 115 Å². The number of hydrogen-bond donors (Lipinski definition) is 0. The third-order valence-corrected chi connectivity index (χ3v) is 10.8. The lowest BCUT2D eigenvalue weighted by Crippen LogP contribution is -2.16. The number of rotatable bonds is 6. The van der Waals surface area contributed by atoms with Gasteiger partial charge in [-0.1, -0.05) is 109 Å². The lowest BCUT2D eigenvalue weighted by molar-refractivity contribution is 1.03. The van der Waals surface area contributed by atoms with Gasteiger partial charge in [-0.25, -0.2) is 0 Å². The summed E-state index contributed by atoms with van der Waals surface area (Å²) in [5, 5.41) is 5.98. The van der Waals surface area contributed by atoms with Crippen molar-refractivity contribution in [2.24, 2.45) is 0 Å². The first-order chi connectivity index (χ1) is 13.4. The standard InChI is InChI=1S/C25H24P2/c1-5-13-22(14-6-1)26(23-15-7-2-8-16-23)21-27(24-17-9-3-10-18-24)25-19-11-4-12-20-25/h1-3,5-11,13-20H,4,12,21H2. The van der Waals surface area contributed by atoms with Gasteiger partial charge >= 0.3 is 0 Å². The minimum absolute atomic E-state index is 0.357. The van der Waals surface area contributed by atoms with Crippen molar-refractivity contribution in [2.75, 3.05) is 5.90 Å². The van der Waals surface area contributed by atoms with E-state index < -0.39 is 0 Å². The lowest BCUT2D eigenvalue weighted by Gasteiger charge is -2.27. The summed E-state index contributed by atoms with van der Waals surface area (Å²) in [7, 11) is -0.742. The molecule has 1 aliphatic carbocycles. The highest BCUT2D eigenvalue weighted by atomic mass is 31.2. The fourth-order valence-corrected chi connectivity index (χ4v) is 9.96. The highest BCUT2D eigenvalue weighted by Crippen LogP contribution is 2.55. The van der Waals surface area contributed by atoms with Crippen molar-refractivity contribution in [1.29, 1.82) is 0 Å². The summed E-state index contributed by atoms with van der Waals surface area (Å²) < 4.78 is 0. The first-order valence-corrected chi connectivity index (χ1v) is 12.5. The van der Waals surface area contributed by atoms with Crippen molar-refractivity contribution in [2.45, 2.75) is 12.8 Å². The Hall–Kier alpha value is -2.00. The third-order valence-electron chi connectivity index (χ3n) is 4.77. The summed E-state index contributed by atoms with van der Waals surface area (Å²) in [5.74, 6) is 1.21. The maximum absolute atomic E-state index is 2.47. The van der Waals surface area contributed by atoms with E-state index in [1.54, 1.807) is 5.31 Å². The van der Waals surface area contributed by atoms with Gasteiger partial charge in [-0.2, -0.15) is 0 Å². The van der Waals surface area contributed by atoms with Crippen LogP contribution in [-0.2, 0) is 0 Å².